The van der Waals surface area contributed by atoms with Crippen molar-refractivity contribution in [3.63, 3.8) is 0 Å². The van der Waals surface area contributed by atoms with E-state index in [1.54, 1.807) is 18.9 Å². The summed E-state index contributed by atoms with van der Waals surface area (Å²) in [5, 5.41) is 3.98. The van der Waals surface area contributed by atoms with Gasteiger partial charge in [-0.1, -0.05) is 11.8 Å². The molecule has 0 bridgehead atoms. The summed E-state index contributed by atoms with van der Waals surface area (Å²) in [6, 6.07) is 0.185. The summed E-state index contributed by atoms with van der Waals surface area (Å²) in [5.74, 6) is 1.08. The highest BCUT2D eigenvalue weighted by molar-refractivity contribution is 8.14. The van der Waals surface area contributed by atoms with E-state index in [9.17, 15) is 8.42 Å². The van der Waals surface area contributed by atoms with Gasteiger partial charge in [-0.3, -0.25) is 4.99 Å². The Balaban J connectivity index is 2.37. The molecule has 5 nitrogen and oxygen atoms in total. The van der Waals surface area contributed by atoms with Crippen LogP contribution in [0, 0.1) is 0 Å². The molecule has 100 valence electrons. The number of aliphatic imine (C=N–C) groups is 1. The van der Waals surface area contributed by atoms with Crippen molar-refractivity contribution in [1.82, 2.24) is 5.32 Å². The Kier molecular flexibility index (Phi) is 5.75. The first-order chi connectivity index (χ1) is 7.90. The first-order valence-corrected chi connectivity index (χ1v) is 8.59. The molecule has 0 aromatic rings. The average Bonchev–Trinajstić information content (AvgIpc) is 2.59. The third-order valence-electron chi connectivity index (χ3n) is 2.29. The maximum absolute atomic E-state index is 11.1. The number of thioether (sulfide) groups is 1. The van der Waals surface area contributed by atoms with Crippen molar-refractivity contribution >= 4 is 26.8 Å². The van der Waals surface area contributed by atoms with Crippen LogP contribution in [0.3, 0.4) is 0 Å². The first-order valence-electron chi connectivity index (χ1n) is 5.54. The van der Waals surface area contributed by atoms with Gasteiger partial charge in [-0.05, 0) is 13.3 Å². The second kappa shape index (κ2) is 6.61. The van der Waals surface area contributed by atoms with Gasteiger partial charge in [0.1, 0.15) is 9.84 Å². The van der Waals surface area contributed by atoms with Crippen LogP contribution in [0.2, 0.25) is 0 Å². The number of sulfone groups is 1. The normalized spacial score (nSPS) is 22.3. The Labute approximate surface area is 107 Å². The van der Waals surface area contributed by atoms with Gasteiger partial charge in [0.05, 0.1) is 11.8 Å². The Morgan fingerprint density at radius 2 is 2.35 bits per heavy atom. The van der Waals surface area contributed by atoms with Crippen LogP contribution in [0.4, 0.5) is 0 Å². The van der Waals surface area contributed by atoms with E-state index >= 15 is 0 Å². The molecule has 0 fully saturated rings. The highest BCUT2D eigenvalue weighted by atomic mass is 32.2. The van der Waals surface area contributed by atoms with Gasteiger partial charge in [0.25, 0.3) is 0 Å². The summed E-state index contributed by atoms with van der Waals surface area (Å²) in [6.45, 7) is 2.56. The maximum Gasteiger partial charge on any atom is 0.157 e. The van der Waals surface area contributed by atoms with E-state index in [1.807, 2.05) is 6.92 Å². The standard InChI is InChI=1S/C10H20N2O3S2/c1-8(7-17(3,13)14)11-10-12-9(6-16-10)4-5-15-2/h8-9H,4-7H2,1-3H3,(H,11,12). The molecular weight excluding hydrogens is 260 g/mol. The number of nitrogens with one attached hydrogen (secondary N) is 1. The summed E-state index contributed by atoms with van der Waals surface area (Å²) in [6.07, 6.45) is 2.16. The van der Waals surface area contributed by atoms with Crippen molar-refractivity contribution in [2.24, 2.45) is 4.99 Å². The molecule has 0 aromatic carbocycles. The smallest absolute Gasteiger partial charge is 0.157 e. The Hall–Kier alpha value is -0.270. The van der Waals surface area contributed by atoms with Crippen LogP contribution in [-0.4, -0.2) is 57.1 Å². The van der Waals surface area contributed by atoms with Gasteiger partial charge in [0, 0.05) is 31.8 Å². The maximum atomic E-state index is 11.1. The highest BCUT2D eigenvalue weighted by Gasteiger charge is 2.20. The number of amidine groups is 1. The minimum atomic E-state index is -2.94. The summed E-state index contributed by atoms with van der Waals surface area (Å²) < 4.78 is 27.2. The first kappa shape index (κ1) is 14.8. The van der Waals surface area contributed by atoms with E-state index in [0.29, 0.717) is 6.61 Å². The summed E-state index contributed by atoms with van der Waals surface area (Å²) in [4.78, 5) is 4.49. The molecule has 7 heteroatoms. The van der Waals surface area contributed by atoms with Crippen LogP contribution in [0.1, 0.15) is 13.3 Å². The molecule has 1 aliphatic rings. The van der Waals surface area contributed by atoms with Crippen LogP contribution >= 0.6 is 11.8 Å². The molecule has 0 radical (unpaired) electrons. The molecule has 2 unspecified atom stereocenters. The predicted octanol–water partition coefficient (Wildman–Crippen LogP) is 0.517. The molecule has 0 saturated heterocycles. The fourth-order valence-electron chi connectivity index (χ4n) is 1.60. The lowest BCUT2D eigenvalue weighted by Crippen LogP contribution is -2.35. The van der Waals surface area contributed by atoms with E-state index in [2.05, 4.69) is 10.3 Å². The zero-order valence-corrected chi connectivity index (χ0v) is 12.1. The van der Waals surface area contributed by atoms with Crippen molar-refractivity contribution < 1.29 is 13.2 Å². The summed E-state index contributed by atoms with van der Waals surface area (Å²) in [7, 11) is -1.26. The van der Waals surface area contributed by atoms with Crippen molar-refractivity contribution in [1.29, 1.82) is 0 Å². The van der Waals surface area contributed by atoms with Gasteiger partial charge < -0.3 is 10.1 Å². The number of nitrogens with zero attached hydrogens (tertiary/aromatic N) is 1. The highest BCUT2D eigenvalue weighted by Crippen LogP contribution is 2.19. The van der Waals surface area contributed by atoms with Gasteiger partial charge in [-0.15, -0.1) is 0 Å². The Morgan fingerprint density at radius 1 is 1.65 bits per heavy atom. The fourth-order valence-corrected chi connectivity index (χ4v) is 3.69. The van der Waals surface area contributed by atoms with Gasteiger partial charge in [0.15, 0.2) is 5.17 Å². The van der Waals surface area contributed by atoms with Crippen molar-refractivity contribution in [2.45, 2.75) is 25.4 Å². The summed E-state index contributed by atoms with van der Waals surface area (Å²) in [5.41, 5.74) is 0. The second-order valence-electron chi connectivity index (χ2n) is 4.32. The number of hydrogen-bond acceptors (Lipinski definition) is 6. The van der Waals surface area contributed by atoms with E-state index in [4.69, 9.17) is 4.74 Å². The fraction of sp³-hybridized carbons (Fsp3) is 0.900. The van der Waals surface area contributed by atoms with E-state index < -0.39 is 9.84 Å². The number of ether oxygens (including phenoxy) is 1. The van der Waals surface area contributed by atoms with Crippen LogP contribution in [0.15, 0.2) is 4.99 Å². The summed E-state index contributed by atoms with van der Waals surface area (Å²) >= 11 is 1.64. The molecule has 2 atom stereocenters. The largest absolute Gasteiger partial charge is 0.385 e. The van der Waals surface area contributed by atoms with Gasteiger partial charge in [0.2, 0.25) is 0 Å². The molecule has 0 aromatic heterocycles. The number of methoxy groups -OCH3 is 1. The Morgan fingerprint density at radius 3 is 2.94 bits per heavy atom. The lowest BCUT2D eigenvalue weighted by molar-refractivity contribution is 0.190. The quantitative estimate of drug-likeness (QED) is 0.768. The molecule has 1 rings (SSSR count). The van der Waals surface area contributed by atoms with Crippen LogP contribution in [0.5, 0.6) is 0 Å². The van der Waals surface area contributed by atoms with Crippen LogP contribution in [0.25, 0.3) is 0 Å². The monoisotopic (exact) mass is 280 g/mol. The molecule has 0 aliphatic carbocycles. The van der Waals surface area contributed by atoms with E-state index in [-0.39, 0.29) is 17.8 Å². The number of hydrogen-bond donors (Lipinski definition) is 1. The van der Waals surface area contributed by atoms with Crippen LogP contribution in [-0.2, 0) is 14.6 Å². The van der Waals surface area contributed by atoms with Crippen molar-refractivity contribution in [3.8, 4) is 0 Å². The third kappa shape index (κ3) is 6.28. The molecule has 1 aliphatic heterocycles. The molecule has 0 saturated carbocycles. The van der Waals surface area contributed by atoms with Gasteiger partial charge in [-0.25, -0.2) is 8.42 Å². The minimum Gasteiger partial charge on any atom is -0.385 e. The van der Waals surface area contributed by atoms with E-state index in [1.165, 1.54) is 6.26 Å². The Bertz CT molecular complexity index is 368. The predicted molar refractivity (Wildman–Crippen MR) is 72.5 cm³/mol. The minimum absolute atomic E-state index is 0.0996. The van der Waals surface area contributed by atoms with Crippen molar-refractivity contribution in [2.75, 3.05) is 31.5 Å². The zero-order valence-electron chi connectivity index (χ0n) is 10.5. The zero-order chi connectivity index (χ0) is 12.9. The third-order valence-corrected chi connectivity index (χ3v) is 4.44. The SMILES string of the molecule is COCCC1CSC(NC(C)CS(C)(=O)=O)=N1. The lowest BCUT2D eigenvalue weighted by atomic mass is 10.3. The number of rotatable bonds is 6. The van der Waals surface area contributed by atoms with Crippen molar-refractivity contribution in [3.05, 3.63) is 0 Å². The molecule has 0 spiro atoms. The van der Waals surface area contributed by atoms with Gasteiger partial charge in [-0.2, -0.15) is 0 Å². The molecule has 0 amide bonds. The molecule has 1 N–H and O–H groups in total. The average molecular weight is 280 g/mol. The molecule has 17 heavy (non-hydrogen) atoms. The second-order valence-corrected chi connectivity index (χ2v) is 7.51. The van der Waals surface area contributed by atoms with Gasteiger partial charge >= 0.3 is 0 Å². The molecule has 1 heterocycles. The topological polar surface area (TPSA) is 67.8 Å². The van der Waals surface area contributed by atoms with E-state index in [0.717, 1.165) is 17.3 Å². The molecular formula is C10H20N2O3S2. The van der Waals surface area contributed by atoms with Crippen LogP contribution < -0.4 is 5.32 Å². The lowest BCUT2D eigenvalue weighted by Gasteiger charge is -2.12.